The quantitative estimate of drug-likeness (QED) is 0.508. The Labute approximate surface area is 139 Å². The zero-order chi connectivity index (χ0) is 12.1. The summed E-state index contributed by atoms with van der Waals surface area (Å²) in [6.45, 7) is 4.30. The van der Waals surface area contributed by atoms with Crippen LogP contribution in [0.15, 0.2) is 48.5 Å². The van der Waals surface area contributed by atoms with E-state index in [0.29, 0.717) is 0 Å². The van der Waals surface area contributed by atoms with Gasteiger partial charge in [-0.3, -0.25) is 0 Å². The van der Waals surface area contributed by atoms with E-state index in [1.807, 2.05) is 0 Å². The van der Waals surface area contributed by atoms with Gasteiger partial charge in [0.05, 0.1) is 0 Å². The summed E-state index contributed by atoms with van der Waals surface area (Å²) >= 11 is -0.287. The van der Waals surface area contributed by atoms with Crippen LogP contribution in [0.3, 0.4) is 0 Å². The Balaban J connectivity index is 0.00000162. The Morgan fingerprint density at radius 2 is 0.947 bits per heavy atom. The number of rotatable bonds is 4. The molecule has 2 aromatic rings. The minimum atomic E-state index is -0.287. The van der Waals surface area contributed by atoms with Crippen LogP contribution in [0.2, 0.25) is 0 Å². The molecule has 0 aliphatic rings. The molecule has 0 nitrogen and oxygen atoms in total. The van der Waals surface area contributed by atoms with Crippen LogP contribution in [0, 0.1) is 13.8 Å². The van der Waals surface area contributed by atoms with Gasteiger partial charge < -0.3 is 24.8 Å². The van der Waals surface area contributed by atoms with Gasteiger partial charge in [-0.1, -0.05) is 0 Å². The van der Waals surface area contributed by atoms with Crippen LogP contribution in [-0.2, 0) is 8.87 Å². The number of benzene rings is 2. The molecule has 0 aromatic heterocycles. The van der Waals surface area contributed by atoms with Crippen molar-refractivity contribution in [1.82, 2.24) is 0 Å². The molecule has 0 aliphatic heterocycles. The summed E-state index contributed by atoms with van der Waals surface area (Å²) in [5, 5.41) is 0. The topological polar surface area (TPSA) is 0 Å². The summed E-state index contributed by atoms with van der Waals surface area (Å²) in [6.07, 6.45) is 0. The Morgan fingerprint density at radius 3 is 1.26 bits per heavy atom. The van der Waals surface area contributed by atoms with E-state index in [2.05, 4.69) is 62.4 Å². The number of halogens is 2. The van der Waals surface area contributed by atoms with Crippen LogP contribution < -0.4 is 24.8 Å². The third-order valence-electron chi connectivity index (χ3n) is 2.90. The first kappa shape index (κ1) is 18.8. The van der Waals surface area contributed by atoms with Crippen LogP contribution in [0.1, 0.15) is 22.3 Å². The Morgan fingerprint density at radius 1 is 0.632 bits per heavy atom. The number of aryl methyl sites for hydroxylation is 2. The largest absolute Gasteiger partial charge is 1.00 e. The molecule has 0 saturated carbocycles. The summed E-state index contributed by atoms with van der Waals surface area (Å²) < 4.78 is 2.69. The second-order valence-electron chi connectivity index (χ2n) is 4.57. The molecule has 2 rings (SSSR count). The molecule has 0 spiro atoms. The van der Waals surface area contributed by atoms with Crippen molar-refractivity contribution in [1.29, 1.82) is 0 Å². The maximum absolute atomic E-state index is 2.28. The van der Waals surface area contributed by atoms with Gasteiger partial charge in [0, 0.05) is 0 Å². The summed E-state index contributed by atoms with van der Waals surface area (Å²) in [5.41, 5.74) is 5.76. The molecule has 0 amide bonds. The van der Waals surface area contributed by atoms with Gasteiger partial charge in [0.1, 0.15) is 0 Å². The third kappa shape index (κ3) is 6.69. The SMILES string of the molecule is Cc1ccc([CH2][Sn+2][CH2]c2ccc(C)cc2)cc1.[Cl-].[Cl-]. The van der Waals surface area contributed by atoms with Crippen molar-refractivity contribution in [3.63, 3.8) is 0 Å². The van der Waals surface area contributed by atoms with E-state index in [4.69, 9.17) is 0 Å². The predicted octanol–water partition coefficient (Wildman–Crippen LogP) is -2.28. The van der Waals surface area contributed by atoms with Crippen LogP contribution in [0.25, 0.3) is 0 Å². The molecule has 0 fully saturated rings. The molecule has 0 aliphatic carbocycles. The van der Waals surface area contributed by atoms with Crippen LogP contribution in [-0.4, -0.2) is 21.1 Å². The molecule has 0 radical (unpaired) electrons. The van der Waals surface area contributed by atoms with E-state index in [9.17, 15) is 0 Å². The van der Waals surface area contributed by atoms with Crippen LogP contribution >= 0.6 is 0 Å². The predicted molar refractivity (Wildman–Crippen MR) is 75.5 cm³/mol. The normalized spacial score (nSPS) is 8.95. The van der Waals surface area contributed by atoms with E-state index < -0.39 is 0 Å². The Bertz CT molecular complexity index is 418. The van der Waals surface area contributed by atoms with Gasteiger partial charge in [-0.05, 0) is 0 Å². The van der Waals surface area contributed by atoms with Crippen LogP contribution in [0.5, 0.6) is 0 Å². The standard InChI is InChI=1S/2C8H9.2ClH.Sn/c2*1-7-3-5-8(2)6-4-7;;;/h2*3-6H,1H2,2H3;2*1H;/q;;;;+2/p-2. The molecule has 0 unspecified atom stereocenters. The van der Waals surface area contributed by atoms with Gasteiger partial charge in [-0.15, -0.1) is 0 Å². The monoisotopic (exact) mass is 400 g/mol. The summed E-state index contributed by atoms with van der Waals surface area (Å²) in [7, 11) is 0. The summed E-state index contributed by atoms with van der Waals surface area (Å²) in [4.78, 5) is 0. The van der Waals surface area contributed by atoms with Crippen molar-refractivity contribution >= 4 is 21.1 Å². The maximum atomic E-state index is 2.28. The molecule has 3 heteroatoms. The molecule has 0 bridgehead atoms. The molecule has 19 heavy (non-hydrogen) atoms. The molecule has 2 aromatic carbocycles. The van der Waals surface area contributed by atoms with Gasteiger partial charge >= 0.3 is 115 Å². The molecule has 0 saturated heterocycles. The fourth-order valence-corrected chi connectivity index (χ4v) is 5.11. The molecular formula is C16H18Cl2Sn. The molecule has 0 heterocycles. The molecular weight excluding hydrogens is 382 g/mol. The van der Waals surface area contributed by atoms with Crippen molar-refractivity contribution in [3.05, 3.63) is 70.8 Å². The van der Waals surface area contributed by atoms with Crippen molar-refractivity contribution in [3.8, 4) is 0 Å². The second-order valence-corrected chi connectivity index (χ2v) is 8.02. The first-order chi connectivity index (χ1) is 8.24. The average molecular weight is 400 g/mol. The Kier molecular flexibility index (Phi) is 9.59. The average Bonchev–Trinajstić information content (AvgIpc) is 2.34. The van der Waals surface area contributed by atoms with E-state index in [0.717, 1.165) is 0 Å². The van der Waals surface area contributed by atoms with Crippen molar-refractivity contribution < 1.29 is 24.8 Å². The van der Waals surface area contributed by atoms with E-state index >= 15 is 0 Å². The minimum absolute atomic E-state index is 0. The number of hydrogen-bond acceptors (Lipinski definition) is 0. The van der Waals surface area contributed by atoms with Gasteiger partial charge in [-0.25, -0.2) is 0 Å². The first-order valence-corrected chi connectivity index (χ1v) is 10.1. The zero-order valence-corrected chi connectivity index (χ0v) is 15.7. The Hall–Kier alpha value is -0.181. The summed E-state index contributed by atoms with van der Waals surface area (Å²) in [5.74, 6) is 0. The van der Waals surface area contributed by atoms with Gasteiger partial charge in [0.2, 0.25) is 0 Å². The van der Waals surface area contributed by atoms with Crippen molar-refractivity contribution in [2.75, 3.05) is 0 Å². The van der Waals surface area contributed by atoms with E-state index in [1.54, 1.807) is 0 Å². The van der Waals surface area contributed by atoms with Crippen LogP contribution in [0.4, 0.5) is 0 Å². The molecule has 0 N–H and O–H groups in total. The zero-order valence-electron chi connectivity index (χ0n) is 11.3. The fourth-order valence-electron chi connectivity index (χ4n) is 1.76. The fraction of sp³-hybridized carbons (Fsp3) is 0.250. The van der Waals surface area contributed by atoms with Gasteiger partial charge in [0.15, 0.2) is 0 Å². The third-order valence-corrected chi connectivity index (χ3v) is 6.66. The van der Waals surface area contributed by atoms with Gasteiger partial charge in [0.25, 0.3) is 0 Å². The molecule has 100 valence electrons. The number of hydrogen-bond donors (Lipinski definition) is 0. The van der Waals surface area contributed by atoms with E-state index in [1.165, 1.54) is 31.1 Å². The van der Waals surface area contributed by atoms with Gasteiger partial charge in [-0.2, -0.15) is 0 Å². The minimum Gasteiger partial charge on any atom is -1.00 e. The maximum Gasteiger partial charge on any atom is -1.00 e. The molecule has 0 atom stereocenters. The second kappa shape index (κ2) is 9.68. The van der Waals surface area contributed by atoms with E-state index in [-0.39, 0.29) is 46.0 Å². The van der Waals surface area contributed by atoms with Crippen molar-refractivity contribution in [2.45, 2.75) is 22.7 Å². The first-order valence-electron chi connectivity index (χ1n) is 6.06. The smallest absolute Gasteiger partial charge is 1.00 e. The van der Waals surface area contributed by atoms with Crippen molar-refractivity contribution in [2.24, 2.45) is 0 Å². The summed E-state index contributed by atoms with van der Waals surface area (Å²) in [6, 6.07) is 18.0.